The quantitative estimate of drug-likeness (QED) is 0.598. The zero-order chi connectivity index (χ0) is 10.1. The molecule has 1 atom stereocenters. The van der Waals surface area contributed by atoms with Crippen molar-refractivity contribution in [3.63, 3.8) is 0 Å². The molecule has 0 aliphatic rings. The number of carbonyl (C=O) groups excluding carboxylic acids is 1. The van der Waals surface area contributed by atoms with Crippen molar-refractivity contribution in [2.75, 3.05) is 0 Å². The lowest BCUT2D eigenvalue weighted by Crippen LogP contribution is -2.17. The Kier molecular flexibility index (Phi) is 3.64. The van der Waals surface area contributed by atoms with Crippen molar-refractivity contribution >= 4 is 56.0 Å². The highest BCUT2D eigenvalue weighted by Crippen LogP contribution is 2.38. The van der Waals surface area contributed by atoms with Crippen molar-refractivity contribution in [1.29, 1.82) is 0 Å². The second-order valence-corrected chi connectivity index (χ2v) is 5.35. The van der Waals surface area contributed by atoms with Crippen LogP contribution in [0.3, 0.4) is 0 Å². The number of benzene rings is 1. The summed E-state index contributed by atoms with van der Waals surface area (Å²) in [5.41, 5.74) is 0.515. The Morgan fingerprint density at radius 3 is 2.54 bits per heavy atom. The number of carbonyl (C=O) groups is 1. The predicted molar refractivity (Wildman–Crippen MR) is 58.8 cm³/mol. The average molecular weight is 302 g/mol. The molecule has 0 spiro atoms. The lowest BCUT2D eigenvalue weighted by Gasteiger charge is -2.14. The maximum atomic E-state index is 10.9. The summed E-state index contributed by atoms with van der Waals surface area (Å²) in [6.07, 6.45) is 0. The van der Waals surface area contributed by atoms with E-state index in [1.165, 1.54) is 0 Å². The van der Waals surface area contributed by atoms with Crippen LogP contribution in [-0.4, -0.2) is 5.24 Å². The highest BCUT2D eigenvalue weighted by molar-refractivity contribution is 9.10. The zero-order valence-electron chi connectivity index (χ0n) is 6.23. The van der Waals surface area contributed by atoms with E-state index in [1.807, 2.05) is 0 Å². The molecule has 5 heteroatoms. The molecule has 1 rings (SSSR count). The van der Waals surface area contributed by atoms with E-state index in [2.05, 4.69) is 15.9 Å². The van der Waals surface area contributed by atoms with Crippen LogP contribution in [0.2, 0.25) is 5.02 Å². The van der Waals surface area contributed by atoms with Crippen molar-refractivity contribution in [3.8, 4) is 0 Å². The van der Waals surface area contributed by atoms with Gasteiger partial charge in [-0.15, -0.1) is 0 Å². The Hall–Kier alpha value is 0.240. The molecule has 0 aliphatic heterocycles. The third kappa shape index (κ3) is 2.59. The predicted octanol–water partition coefficient (Wildman–Crippen LogP) is 3.89. The van der Waals surface area contributed by atoms with Gasteiger partial charge in [-0.2, -0.15) is 0 Å². The fourth-order valence-corrected chi connectivity index (χ4v) is 1.46. The van der Waals surface area contributed by atoms with E-state index >= 15 is 0 Å². The molecule has 1 nitrogen and oxygen atoms in total. The molecular formula is C8H4BrCl3O. The molecule has 0 bridgehead atoms. The van der Waals surface area contributed by atoms with E-state index in [1.54, 1.807) is 24.3 Å². The molecule has 0 fully saturated rings. The van der Waals surface area contributed by atoms with Gasteiger partial charge in [-0.3, -0.25) is 4.79 Å². The Bertz CT molecular complexity index is 338. The van der Waals surface area contributed by atoms with Gasteiger partial charge in [-0.05, 0) is 29.3 Å². The minimum Gasteiger partial charge on any atom is -0.278 e. The SMILES string of the molecule is O=C(Cl)C(Cl)(Br)c1cccc(Cl)c1. The van der Waals surface area contributed by atoms with E-state index in [0.29, 0.717) is 10.6 Å². The Labute approximate surface area is 99.1 Å². The Morgan fingerprint density at radius 2 is 2.08 bits per heavy atom. The fraction of sp³-hybridized carbons (Fsp3) is 0.125. The van der Waals surface area contributed by atoms with E-state index in [-0.39, 0.29) is 0 Å². The number of halogens is 4. The summed E-state index contributed by atoms with van der Waals surface area (Å²) in [5.74, 6) is 0. The molecule has 0 saturated heterocycles. The first-order valence-electron chi connectivity index (χ1n) is 3.28. The van der Waals surface area contributed by atoms with E-state index in [9.17, 15) is 4.79 Å². The van der Waals surface area contributed by atoms with Gasteiger partial charge in [0.1, 0.15) is 0 Å². The van der Waals surface area contributed by atoms with Crippen molar-refractivity contribution in [2.45, 2.75) is 3.78 Å². The van der Waals surface area contributed by atoms with Crippen LogP contribution in [0.15, 0.2) is 24.3 Å². The molecule has 1 unspecified atom stereocenters. The summed E-state index contributed by atoms with van der Waals surface area (Å²) >= 11 is 19.9. The van der Waals surface area contributed by atoms with Crippen LogP contribution in [0.4, 0.5) is 0 Å². The maximum absolute atomic E-state index is 10.9. The lowest BCUT2D eigenvalue weighted by molar-refractivity contribution is -0.112. The molecule has 1 aromatic carbocycles. The number of rotatable bonds is 2. The summed E-state index contributed by atoms with van der Waals surface area (Å²) in [6.45, 7) is 0. The molecule has 0 aliphatic carbocycles. The van der Waals surface area contributed by atoms with Crippen LogP contribution < -0.4 is 0 Å². The van der Waals surface area contributed by atoms with Crippen LogP contribution in [0.1, 0.15) is 5.56 Å². The molecule has 0 amide bonds. The number of alkyl halides is 2. The number of hydrogen-bond acceptors (Lipinski definition) is 1. The Morgan fingerprint density at radius 1 is 1.46 bits per heavy atom. The summed E-state index contributed by atoms with van der Waals surface area (Å²) < 4.78 is -1.39. The van der Waals surface area contributed by atoms with Gasteiger partial charge in [0, 0.05) is 5.02 Å². The standard InChI is InChI=1S/C8H4BrCl3O/c9-8(12,7(11)13)5-2-1-3-6(10)4-5/h1-4H. The Balaban J connectivity index is 3.14. The molecule has 1 aromatic rings. The lowest BCUT2D eigenvalue weighted by atomic mass is 10.2. The van der Waals surface area contributed by atoms with Crippen LogP contribution >= 0.6 is 50.7 Å². The topological polar surface area (TPSA) is 17.1 Å². The van der Waals surface area contributed by atoms with Gasteiger partial charge in [-0.1, -0.05) is 51.3 Å². The van der Waals surface area contributed by atoms with Gasteiger partial charge in [0.05, 0.1) is 0 Å². The largest absolute Gasteiger partial charge is 0.278 e. The molecule has 0 N–H and O–H groups in total. The first-order valence-corrected chi connectivity index (χ1v) is 5.21. The van der Waals surface area contributed by atoms with Gasteiger partial charge in [0.2, 0.25) is 0 Å². The summed E-state index contributed by atoms with van der Waals surface area (Å²) in [4.78, 5) is 10.9. The summed E-state index contributed by atoms with van der Waals surface area (Å²) in [7, 11) is 0. The van der Waals surface area contributed by atoms with Crippen molar-refractivity contribution in [2.24, 2.45) is 0 Å². The third-order valence-electron chi connectivity index (χ3n) is 1.43. The van der Waals surface area contributed by atoms with Crippen molar-refractivity contribution < 1.29 is 4.79 Å². The summed E-state index contributed by atoms with van der Waals surface area (Å²) in [6, 6.07) is 6.61. The van der Waals surface area contributed by atoms with Crippen molar-refractivity contribution in [3.05, 3.63) is 34.9 Å². The molecule has 0 heterocycles. The highest BCUT2D eigenvalue weighted by atomic mass is 79.9. The van der Waals surface area contributed by atoms with Crippen LogP contribution in [0, 0.1) is 0 Å². The molecule has 70 valence electrons. The van der Waals surface area contributed by atoms with Gasteiger partial charge >= 0.3 is 0 Å². The molecule has 0 radical (unpaired) electrons. The minimum absolute atomic E-state index is 0.500. The molecule has 0 aromatic heterocycles. The van der Waals surface area contributed by atoms with Gasteiger partial charge in [0.25, 0.3) is 5.24 Å². The smallest absolute Gasteiger partial charge is 0.258 e. The van der Waals surface area contributed by atoms with E-state index < -0.39 is 9.03 Å². The number of hydrogen-bond donors (Lipinski definition) is 0. The molecule has 0 saturated carbocycles. The van der Waals surface area contributed by atoms with Gasteiger partial charge < -0.3 is 0 Å². The minimum atomic E-state index is -1.39. The van der Waals surface area contributed by atoms with Gasteiger partial charge in [-0.25, -0.2) is 0 Å². The van der Waals surface area contributed by atoms with Crippen LogP contribution in [0.25, 0.3) is 0 Å². The van der Waals surface area contributed by atoms with Crippen molar-refractivity contribution in [1.82, 2.24) is 0 Å². The maximum Gasteiger partial charge on any atom is 0.258 e. The normalized spacial score (nSPS) is 15.1. The second kappa shape index (κ2) is 4.18. The summed E-state index contributed by atoms with van der Waals surface area (Å²) in [5, 5.41) is -0.198. The molecule has 13 heavy (non-hydrogen) atoms. The highest BCUT2D eigenvalue weighted by Gasteiger charge is 2.33. The van der Waals surface area contributed by atoms with E-state index in [4.69, 9.17) is 34.8 Å². The van der Waals surface area contributed by atoms with Gasteiger partial charge in [0.15, 0.2) is 3.78 Å². The third-order valence-corrected chi connectivity index (χ3v) is 3.49. The van der Waals surface area contributed by atoms with Crippen LogP contribution in [0.5, 0.6) is 0 Å². The monoisotopic (exact) mass is 300 g/mol. The zero-order valence-corrected chi connectivity index (χ0v) is 10.1. The first-order chi connectivity index (χ1) is 5.94. The van der Waals surface area contributed by atoms with E-state index in [0.717, 1.165) is 0 Å². The first kappa shape index (κ1) is 11.3. The van der Waals surface area contributed by atoms with Crippen LogP contribution in [-0.2, 0) is 8.58 Å². The second-order valence-electron chi connectivity index (χ2n) is 2.36. The molecular weight excluding hydrogens is 298 g/mol. The fourth-order valence-electron chi connectivity index (χ4n) is 0.797. The average Bonchev–Trinajstić information content (AvgIpc) is 2.04.